The Kier molecular flexibility index (Phi) is 3.96. The number of aromatic nitrogens is 1. The van der Waals surface area contributed by atoms with E-state index in [1.54, 1.807) is 25.2 Å². The van der Waals surface area contributed by atoms with Gasteiger partial charge in [-0.3, -0.25) is 9.78 Å². The van der Waals surface area contributed by atoms with E-state index in [-0.39, 0.29) is 11.7 Å². The highest BCUT2D eigenvalue weighted by molar-refractivity contribution is 5.94. The summed E-state index contributed by atoms with van der Waals surface area (Å²) in [5.41, 5.74) is 1.75. The zero-order chi connectivity index (χ0) is 14.5. The van der Waals surface area contributed by atoms with Crippen molar-refractivity contribution in [3.05, 3.63) is 59.4 Å². The second-order valence-electron chi connectivity index (χ2n) is 4.41. The zero-order valence-corrected chi connectivity index (χ0v) is 10.9. The molecule has 1 aromatic carbocycles. The van der Waals surface area contributed by atoms with Crippen LogP contribution in [0.4, 0.5) is 0 Å². The fourth-order valence-electron chi connectivity index (χ4n) is 1.85. The number of hydrogen-bond acceptors (Lipinski definition) is 4. The Morgan fingerprint density at radius 2 is 2.20 bits per heavy atom. The summed E-state index contributed by atoms with van der Waals surface area (Å²) in [4.78, 5) is 17.5. The van der Waals surface area contributed by atoms with Crippen molar-refractivity contribution >= 4 is 5.91 Å². The number of carbonyl (C=O) groups is 1. The van der Waals surface area contributed by atoms with E-state index < -0.39 is 0 Å². The van der Waals surface area contributed by atoms with Crippen LogP contribution in [0.5, 0.6) is 5.75 Å². The largest absolute Gasteiger partial charge is 0.506 e. The summed E-state index contributed by atoms with van der Waals surface area (Å²) in [6.07, 6.45) is 2.68. The average molecular weight is 267 g/mol. The van der Waals surface area contributed by atoms with Crippen LogP contribution >= 0.6 is 0 Å². The number of benzene rings is 1. The fourth-order valence-corrected chi connectivity index (χ4v) is 1.85. The van der Waals surface area contributed by atoms with E-state index in [0.29, 0.717) is 17.7 Å². The van der Waals surface area contributed by atoms with Gasteiger partial charge >= 0.3 is 0 Å². The Hall–Kier alpha value is -2.87. The highest BCUT2D eigenvalue weighted by Gasteiger charge is 2.13. The minimum Gasteiger partial charge on any atom is -0.506 e. The van der Waals surface area contributed by atoms with Crippen LogP contribution in [0, 0.1) is 11.3 Å². The maximum absolute atomic E-state index is 12.2. The molecule has 0 radical (unpaired) electrons. The minimum absolute atomic E-state index is 0.0456. The summed E-state index contributed by atoms with van der Waals surface area (Å²) in [6.45, 7) is 0.379. The van der Waals surface area contributed by atoms with Gasteiger partial charge in [0.25, 0.3) is 5.91 Å². The molecule has 0 bridgehead atoms. The van der Waals surface area contributed by atoms with Crippen LogP contribution in [0.1, 0.15) is 21.5 Å². The van der Waals surface area contributed by atoms with Crippen LogP contribution in [0.25, 0.3) is 0 Å². The van der Waals surface area contributed by atoms with Gasteiger partial charge in [-0.05, 0) is 23.8 Å². The average Bonchev–Trinajstić information content (AvgIpc) is 2.46. The molecule has 1 heterocycles. The van der Waals surface area contributed by atoms with Crippen LogP contribution in [-0.4, -0.2) is 27.9 Å². The summed E-state index contributed by atoms with van der Waals surface area (Å²) in [5.74, 6) is -0.286. The molecule has 5 nitrogen and oxygen atoms in total. The highest BCUT2D eigenvalue weighted by atomic mass is 16.3. The lowest BCUT2D eigenvalue weighted by Crippen LogP contribution is -2.26. The Bertz CT molecular complexity index is 677. The molecule has 2 rings (SSSR count). The van der Waals surface area contributed by atoms with E-state index >= 15 is 0 Å². The highest BCUT2D eigenvalue weighted by Crippen LogP contribution is 2.13. The number of pyridine rings is 1. The van der Waals surface area contributed by atoms with Gasteiger partial charge < -0.3 is 10.0 Å². The maximum atomic E-state index is 12.2. The van der Waals surface area contributed by atoms with Gasteiger partial charge in [0.1, 0.15) is 5.75 Å². The van der Waals surface area contributed by atoms with Crippen LogP contribution in [0.2, 0.25) is 0 Å². The van der Waals surface area contributed by atoms with Crippen LogP contribution in [0.3, 0.4) is 0 Å². The molecule has 100 valence electrons. The normalized spacial score (nSPS) is 9.80. The first-order valence-electron chi connectivity index (χ1n) is 5.98. The van der Waals surface area contributed by atoms with E-state index in [2.05, 4.69) is 11.1 Å². The van der Waals surface area contributed by atoms with Crippen LogP contribution in [0.15, 0.2) is 42.7 Å². The lowest BCUT2D eigenvalue weighted by molar-refractivity contribution is 0.0784. The fraction of sp³-hybridized carbons (Fsp3) is 0.133. The molecule has 0 aliphatic heterocycles. The molecule has 20 heavy (non-hydrogen) atoms. The third-order valence-electron chi connectivity index (χ3n) is 2.79. The van der Waals surface area contributed by atoms with Gasteiger partial charge in [0.15, 0.2) is 0 Å². The first-order valence-corrected chi connectivity index (χ1v) is 5.98. The van der Waals surface area contributed by atoms with Crippen LogP contribution in [-0.2, 0) is 6.54 Å². The Labute approximate surface area is 116 Å². The standard InChI is InChI=1S/C15H13N3O2/c1-18(10-12-4-2-3-11(5-12)7-16)15(20)13-6-14(19)9-17-8-13/h2-6,8-9,19H,10H2,1H3. The van der Waals surface area contributed by atoms with Gasteiger partial charge in [0.05, 0.1) is 23.4 Å². The molecule has 0 saturated carbocycles. The molecular weight excluding hydrogens is 254 g/mol. The molecule has 0 aliphatic carbocycles. The maximum Gasteiger partial charge on any atom is 0.255 e. The van der Waals surface area contributed by atoms with Crippen molar-refractivity contribution in [2.45, 2.75) is 6.54 Å². The predicted octanol–water partition coefficient (Wildman–Crippen LogP) is 1.93. The van der Waals surface area contributed by atoms with Crippen molar-refractivity contribution in [2.75, 3.05) is 7.05 Å². The first kappa shape index (κ1) is 13.6. The quantitative estimate of drug-likeness (QED) is 0.921. The summed E-state index contributed by atoms with van der Waals surface area (Å²) in [7, 11) is 1.66. The minimum atomic E-state index is -0.240. The second kappa shape index (κ2) is 5.85. The SMILES string of the molecule is CN(Cc1cccc(C#N)c1)C(=O)c1cncc(O)c1. The molecule has 1 N–H and O–H groups in total. The zero-order valence-electron chi connectivity index (χ0n) is 10.9. The number of amides is 1. The molecule has 0 unspecified atom stereocenters. The number of rotatable bonds is 3. The Morgan fingerprint density at radius 3 is 2.90 bits per heavy atom. The molecular formula is C15H13N3O2. The summed E-state index contributed by atoms with van der Waals surface area (Å²) >= 11 is 0. The molecule has 0 atom stereocenters. The van der Waals surface area contributed by atoms with Gasteiger partial charge in [-0.15, -0.1) is 0 Å². The number of carbonyl (C=O) groups excluding carboxylic acids is 1. The topological polar surface area (TPSA) is 77.2 Å². The molecule has 1 aromatic heterocycles. The lowest BCUT2D eigenvalue weighted by Gasteiger charge is -2.17. The summed E-state index contributed by atoms with van der Waals surface area (Å²) < 4.78 is 0. The van der Waals surface area contributed by atoms with Crippen molar-refractivity contribution < 1.29 is 9.90 Å². The van der Waals surface area contributed by atoms with E-state index in [4.69, 9.17) is 5.26 Å². The smallest absolute Gasteiger partial charge is 0.255 e. The van der Waals surface area contributed by atoms with Gasteiger partial charge in [-0.25, -0.2) is 0 Å². The van der Waals surface area contributed by atoms with E-state index in [9.17, 15) is 9.90 Å². The van der Waals surface area contributed by atoms with Gasteiger partial charge in [-0.2, -0.15) is 5.26 Å². The molecule has 1 amide bonds. The van der Waals surface area contributed by atoms with E-state index in [1.807, 2.05) is 6.07 Å². The molecule has 0 saturated heterocycles. The molecule has 0 aliphatic rings. The second-order valence-corrected chi connectivity index (χ2v) is 4.41. The molecule has 2 aromatic rings. The number of hydrogen-bond donors (Lipinski definition) is 1. The molecule has 0 spiro atoms. The van der Waals surface area contributed by atoms with E-state index in [0.717, 1.165) is 5.56 Å². The number of nitrogens with zero attached hydrogens (tertiary/aromatic N) is 3. The summed E-state index contributed by atoms with van der Waals surface area (Å²) in [5, 5.41) is 18.2. The monoisotopic (exact) mass is 267 g/mol. The Balaban J connectivity index is 2.13. The molecule has 5 heteroatoms. The third-order valence-corrected chi connectivity index (χ3v) is 2.79. The van der Waals surface area contributed by atoms with Crippen LogP contribution < -0.4 is 0 Å². The third kappa shape index (κ3) is 3.12. The summed E-state index contributed by atoms with van der Waals surface area (Å²) in [6, 6.07) is 10.5. The lowest BCUT2D eigenvalue weighted by atomic mass is 10.1. The molecule has 0 fully saturated rings. The van der Waals surface area contributed by atoms with E-state index in [1.165, 1.54) is 23.4 Å². The first-order chi connectivity index (χ1) is 9.60. The van der Waals surface area contributed by atoms with Crippen molar-refractivity contribution in [3.8, 4) is 11.8 Å². The van der Waals surface area contributed by atoms with Gasteiger partial charge in [0, 0.05) is 19.8 Å². The van der Waals surface area contributed by atoms with Crippen molar-refractivity contribution in [3.63, 3.8) is 0 Å². The van der Waals surface area contributed by atoms with Crippen molar-refractivity contribution in [1.29, 1.82) is 5.26 Å². The number of nitriles is 1. The Morgan fingerprint density at radius 1 is 1.40 bits per heavy atom. The van der Waals surface area contributed by atoms with Gasteiger partial charge in [0.2, 0.25) is 0 Å². The van der Waals surface area contributed by atoms with Crippen molar-refractivity contribution in [2.24, 2.45) is 0 Å². The predicted molar refractivity (Wildman–Crippen MR) is 72.9 cm³/mol. The van der Waals surface area contributed by atoms with Gasteiger partial charge in [-0.1, -0.05) is 12.1 Å². The van der Waals surface area contributed by atoms with Crippen molar-refractivity contribution in [1.82, 2.24) is 9.88 Å². The number of aromatic hydroxyl groups is 1.